The van der Waals surface area contributed by atoms with Crippen molar-refractivity contribution in [3.8, 4) is 0 Å². The number of hydrogen-bond donors (Lipinski definition) is 0. The van der Waals surface area contributed by atoms with Gasteiger partial charge in [0.2, 0.25) is 0 Å². The Morgan fingerprint density at radius 2 is 1.79 bits per heavy atom. The second kappa shape index (κ2) is 8.11. The van der Waals surface area contributed by atoms with Gasteiger partial charge in [0.05, 0.1) is 16.3 Å². The van der Waals surface area contributed by atoms with E-state index in [1.54, 1.807) is 47.6 Å². The highest BCUT2D eigenvalue weighted by molar-refractivity contribution is 7.22. The van der Waals surface area contributed by atoms with Crippen LogP contribution in [0.5, 0.6) is 0 Å². The molecule has 4 rings (SSSR count). The molecule has 0 saturated heterocycles. The molecule has 1 amide bonds. The summed E-state index contributed by atoms with van der Waals surface area (Å²) in [5.74, 6) is -0.254. The molecule has 4 aromatic rings. The van der Waals surface area contributed by atoms with Crippen LogP contribution in [0.4, 0.5) is 5.13 Å². The van der Waals surface area contributed by atoms with Gasteiger partial charge >= 0.3 is 0 Å². The van der Waals surface area contributed by atoms with Gasteiger partial charge in [-0.2, -0.15) is 0 Å². The van der Waals surface area contributed by atoms with E-state index in [2.05, 4.69) is 9.97 Å². The largest absolute Gasteiger partial charge is 0.295 e. The van der Waals surface area contributed by atoms with Gasteiger partial charge < -0.3 is 0 Å². The molecular weight excluding hydrogens is 406 g/mol. The van der Waals surface area contributed by atoms with Crippen molar-refractivity contribution in [1.29, 1.82) is 0 Å². The van der Waals surface area contributed by atoms with E-state index in [4.69, 9.17) is 11.6 Å². The van der Waals surface area contributed by atoms with Crippen molar-refractivity contribution in [3.63, 3.8) is 0 Å². The lowest BCUT2D eigenvalue weighted by atomic mass is 10.1. The van der Waals surface area contributed by atoms with Gasteiger partial charge in [-0.1, -0.05) is 47.2 Å². The molecule has 7 heteroatoms. The van der Waals surface area contributed by atoms with E-state index < -0.39 is 0 Å². The fraction of sp³-hybridized carbons (Fsp3) is 0.0909. The standard InChI is InChI=1S/C22H16ClN3O2S/c1-14(27)16-7-9-17(10-8-16)21(28)26(13-15-4-3-11-24-12-15)22-25-20-18(23)5-2-6-19(20)29-22/h2-12H,13H2,1H3. The molecule has 0 radical (unpaired) electrons. The number of fused-ring (bicyclic) bond motifs is 1. The van der Waals surface area contributed by atoms with Gasteiger partial charge in [-0.25, -0.2) is 4.98 Å². The molecule has 0 fully saturated rings. The maximum Gasteiger partial charge on any atom is 0.260 e. The number of carbonyl (C=O) groups excluding carboxylic acids is 2. The predicted molar refractivity (Wildman–Crippen MR) is 116 cm³/mol. The lowest BCUT2D eigenvalue weighted by molar-refractivity contribution is 0.0981. The number of rotatable bonds is 5. The first-order valence-electron chi connectivity index (χ1n) is 8.90. The zero-order valence-corrected chi connectivity index (χ0v) is 17.1. The van der Waals surface area contributed by atoms with Crippen LogP contribution < -0.4 is 4.90 Å². The van der Waals surface area contributed by atoms with Gasteiger partial charge in [-0.05, 0) is 42.8 Å². The molecule has 0 aliphatic rings. The zero-order chi connectivity index (χ0) is 20.4. The molecule has 5 nitrogen and oxygen atoms in total. The summed E-state index contributed by atoms with van der Waals surface area (Å²) in [7, 11) is 0. The third-order valence-corrected chi connectivity index (χ3v) is 5.78. The van der Waals surface area contributed by atoms with Crippen LogP contribution in [-0.2, 0) is 6.54 Å². The number of amides is 1. The number of aromatic nitrogens is 2. The molecule has 0 bridgehead atoms. The number of hydrogen-bond acceptors (Lipinski definition) is 5. The number of halogens is 1. The van der Waals surface area contributed by atoms with E-state index in [0.29, 0.717) is 33.3 Å². The van der Waals surface area contributed by atoms with E-state index in [1.807, 2.05) is 24.3 Å². The molecule has 2 aromatic heterocycles. The number of anilines is 1. The molecule has 0 atom stereocenters. The van der Waals surface area contributed by atoms with Gasteiger partial charge in [0.15, 0.2) is 10.9 Å². The fourth-order valence-corrected chi connectivity index (χ4v) is 4.19. The predicted octanol–water partition coefficient (Wildman–Crippen LogP) is 5.39. The van der Waals surface area contributed by atoms with Crippen molar-refractivity contribution in [1.82, 2.24) is 9.97 Å². The van der Waals surface area contributed by atoms with E-state index in [1.165, 1.54) is 18.3 Å². The fourth-order valence-electron chi connectivity index (χ4n) is 2.92. The molecule has 0 aliphatic carbocycles. The number of Topliss-reactive ketones (excluding diaryl/α,β-unsaturated/α-hetero) is 1. The minimum Gasteiger partial charge on any atom is -0.295 e. The first-order valence-corrected chi connectivity index (χ1v) is 10.1. The monoisotopic (exact) mass is 421 g/mol. The van der Waals surface area contributed by atoms with Gasteiger partial charge in [-0.15, -0.1) is 0 Å². The lowest BCUT2D eigenvalue weighted by Gasteiger charge is -2.20. The van der Waals surface area contributed by atoms with E-state index >= 15 is 0 Å². The normalized spacial score (nSPS) is 10.8. The number of carbonyl (C=O) groups is 2. The Kier molecular flexibility index (Phi) is 5.38. The SMILES string of the molecule is CC(=O)c1ccc(C(=O)N(Cc2cccnc2)c2nc3c(Cl)cccc3s2)cc1. The summed E-state index contributed by atoms with van der Waals surface area (Å²) in [4.78, 5) is 35.2. The molecule has 0 aliphatic heterocycles. The highest BCUT2D eigenvalue weighted by Gasteiger charge is 2.22. The summed E-state index contributed by atoms with van der Waals surface area (Å²) < 4.78 is 0.906. The van der Waals surface area contributed by atoms with Crippen LogP contribution in [0.25, 0.3) is 10.2 Å². The van der Waals surface area contributed by atoms with Crippen molar-refractivity contribution < 1.29 is 9.59 Å². The minimum atomic E-state index is -0.209. The van der Waals surface area contributed by atoms with Gasteiger partial charge in [0.1, 0.15) is 5.52 Å². The maximum absolute atomic E-state index is 13.3. The number of ketones is 1. The molecule has 2 heterocycles. The molecular formula is C22H16ClN3O2S. The average Bonchev–Trinajstić information content (AvgIpc) is 3.18. The smallest absolute Gasteiger partial charge is 0.260 e. The molecule has 144 valence electrons. The van der Waals surface area contributed by atoms with Crippen LogP contribution in [-0.4, -0.2) is 21.7 Å². The molecule has 29 heavy (non-hydrogen) atoms. The third kappa shape index (κ3) is 4.04. The highest BCUT2D eigenvalue weighted by atomic mass is 35.5. The molecule has 0 N–H and O–H groups in total. The molecule has 0 spiro atoms. The first kappa shape index (κ1) is 19.2. The number of nitrogens with zero attached hydrogens (tertiary/aromatic N) is 3. The van der Waals surface area contributed by atoms with Crippen LogP contribution in [0.15, 0.2) is 67.0 Å². The van der Waals surface area contributed by atoms with E-state index in [-0.39, 0.29) is 11.7 Å². The van der Waals surface area contributed by atoms with Gasteiger partial charge in [0, 0.05) is 23.5 Å². The van der Waals surface area contributed by atoms with E-state index in [9.17, 15) is 9.59 Å². The van der Waals surface area contributed by atoms with Crippen LogP contribution in [0.3, 0.4) is 0 Å². The summed E-state index contributed by atoms with van der Waals surface area (Å²) >= 11 is 7.68. The van der Waals surface area contributed by atoms with Crippen molar-refractivity contribution in [2.45, 2.75) is 13.5 Å². The van der Waals surface area contributed by atoms with Crippen molar-refractivity contribution in [2.75, 3.05) is 4.90 Å². The summed E-state index contributed by atoms with van der Waals surface area (Å²) in [5.41, 5.74) is 2.59. The van der Waals surface area contributed by atoms with Gasteiger partial charge in [0.25, 0.3) is 5.91 Å². The van der Waals surface area contributed by atoms with E-state index in [0.717, 1.165) is 10.3 Å². The quantitative estimate of drug-likeness (QED) is 0.405. The minimum absolute atomic E-state index is 0.0444. The Morgan fingerprint density at radius 1 is 1.03 bits per heavy atom. The lowest BCUT2D eigenvalue weighted by Crippen LogP contribution is -2.30. The summed E-state index contributed by atoms with van der Waals surface area (Å²) in [6.07, 6.45) is 3.41. The summed E-state index contributed by atoms with van der Waals surface area (Å²) in [6.45, 7) is 1.81. The van der Waals surface area contributed by atoms with Crippen molar-refractivity contribution in [3.05, 3.63) is 88.7 Å². The van der Waals surface area contributed by atoms with Crippen LogP contribution in [0, 0.1) is 0 Å². The second-order valence-corrected chi connectivity index (χ2v) is 7.89. The second-order valence-electron chi connectivity index (χ2n) is 6.47. The van der Waals surface area contributed by atoms with Crippen LogP contribution in [0.2, 0.25) is 5.02 Å². The summed E-state index contributed by atoms with van der Waals surface area (Å²) in [5, 5.41) is 1.10. The highest BCUT2D eigenvalue weighted by Crippen LogP contribution is 2.34. The van der Waals surface area contributed by atoms with Crippen LogP contribution in [0.1, 0.15) is 33.2 Å². The Balaban J connectivity index is 1.75. The first-order chi connectivity index (χ1) is 14.0. The zero-order valence-electron chi connectivity index (χ0n) is 15.5. The number of thiazole rings is 1. The molecule has 0 saturated carbocycles. The Hall–Kier alpha value is -3.09. The maximum atomic E-state index is 13.3. The third-order valence-electron chi connectivity index (χ3n) is 4.44. The Morgan fingerprint density at radius 3 is 2.45 bits per heavy atom. The van der Waals surface area contributed by atoms with Crippen LogP contribution >= 0.6 is 22.9 Å². The topological polar surface area (TPSA) is 63.2 Å². The summed E-state index contributed by atoms with van der Waals surface area (Å²) in [6, 6.07) is 15.9. The molecule has 2 aromatic carbocycles. The van der Waals surface area contributed by atoms with Crippen molar-refractivity contribution >= 4 is 50.0 Å². The average molecular weight is 422 g/mol. The Bertz CT molecular complexity index is 1190. The number of para-hydroxylation sites is 1. The Labute approximate surface area is 176 Å². The number of benzene rings is 2. The molecule has 0 unspecified atom stereocenters. The van der Waals surface area contributed by atoms with Gasteiger partial charge in [-0.3, -0.25) is 19.5 Å². The number of pyridine rings is 1. The van der Waals surface area contributed by atoms with Crippen molar-refractivity contribution in [2.24, 2.45) is 0 Å².